The number of anilines is 2. The number of pyridine rings is 1. The van der Waals surface area contributed by atoms with Gasteiger partial charge in [-0.25, -0.2) is 4.98 Å². The SMILES string of the molecule is N#Cc1cccc(Nc2cccc(CN3CCSCC3)c2)n1. The van der Waals surface area contributed by atoms with Gasteiger partial charge in [-0.2, -0.15) is 17.0 Å². The van der Waals surface area contributed by atoms with E-state index in [1.807, 2.05) is 30.0 Å². The number of nitrogens with zero attached hydrogens (tertiary/aromatic N) is 3. The molecular formula is C17H18N4S. The lowest BCUT2D eigenvalue weighted by molar-refractivity contribution is 0.294. The first-order chi connectivity index (χ1) is 10.8. The van der Waals surface area contributed by atoms with E-state index in [4.69, 9.17) is 5.26 Å². The maximum Gasteiger partial charge on any atom is 0.142 e. The van der Waals surface area contributed by atoms with Crippen LogP contribution in [0.5, 0.6) is 0 Å². The van der Waals surface area contributed by atoms with E-state index >= 15 is 0 Å². The summed E-state index contributed by atoms with van der Waals surface area (Å²) in [7, 11) is 0. The van der Waals surface area contributed by atoms with E-state index in [0.717, 1.165) is 25.3 Å². The van der Waals surface area contributed by atoms with E-state index in [1.54, 1.807) is 6.07 Å². The van der Waals surface area contributed by atoms with Crippen molar-refractivity contribution in [1.29, 1.82) is 5.26 Å². The van der Waals surface area contributed by atoms with Gasteiger partial charge < -0.3 is 5.32 Å². The molecule has 1 aliphatic heterocycles. The van der Waals surface area contributed by atoms with Crippen molar-refractivity contribution >= 4 is 23.3 Å². The van der Waals surface area contributed by atoms with Crippen LogP contribution in [-0.2, 0) is 6.54 Å². The maximum atomic E-state index is 8.91. The third-order valence-corrected chi connectivity index (χ3v) is 4.52. The van der Waals surface area contributed by atoms with Crippen molar-refractivity contribution in [3.05, 3.63) is 53.7 Å². The second-order valence-corrected chi connectivity index (χ2v) is 6.46. The highest BCUT2D eigenvalue weighted by molar-refractivity contribution is 7.99. The van der Waals surface area contributed by atoms with Gasteiger partial charge in [0.2, 0.25) is 0 Å². The van der Waals surface area contributed by atoms with Gasteiger partial charge in [-0.3, -0.25) is 4.90 Å². The zero-order valence-corrected chi connectivity index (χ0v) is 13.1. The van der Waals surface area contributed by atoms with Crippen LogP contribution in [0.25, 0.3) is 0 Å². The number of thioether (sulfide) groups is 1. The average Bonchev–Trinajstić information content (AvgIpc) is 2.56. The number of benzene rings is 1. The summed E-state index contributed by atoms with van der Waals surface area (Å²) in [5.74, 6) is 3.15. The van der Waals surface area contributed by atoms with E-state index in [0.29, 0.717) is 11.5 Å². The number of hydrogen-bond donors (Lipinski definition) is 1. The Morgan fingerprint density at radius 1 is 1.18 bits per heavy atom. The zero-order chi connectivity index (χ0) is 15.2. The summed E-state index contributed by atoms with van der Waals surface area (Å²) in [4.78, 5) is 6.74. The monoisotopic (exact) mass is 310 g/mol. The summed E-state index contributed by atoms with van der Waals surface area (Å²) in [6.45, 7) is 3.31. The number of hydrogen-bond acceptors (Lipinski definition) is 5. The molecule has 1 aromatic carbocycles. The smallest absolute Gasteiger partial charge is 0.142 e. The first kappa shape index (κ1) is 14.9. The van der Waals surface area contributed by atoms with Gasteiger partial charge in [0.1, 0.15) is 17.6 Å². The summed E-state index contributed by atoms with van der Waals surface area (Å²) < 4.78 is 0. The molecular weight excluding hydrogens is 292 g/mol. The quantitative estimate of drug-likeness (QED) is 0.939. The Morgan fingerprint density at radius 3 is 2.82 bits per heavy atom. The third kappa shape index (κ3) is 4.00. The Kier molecular flexibility index (Phi) is 4.94. The Balaban J connectivity index is 1.69. The first-order valence-electron chi connectivity index (χ1n) is 7.37. The van der Waals surface area contributed by atoms with Crippen LogP contribution in [0, 0.1) is 11.3 Å². The normalized spacial score (nSPS) is 15.2. The molecule has 0 saturated carbocycles. The molecule has 112 valence electrons. The fourth-order valence-corrected chi connectivity index (χ4v) is 3.46. The lowest BCUT2D eigenvalue weighted by Gasteiger charge is -2.26. The van der Waals surface area contributed by atoms with Crippen molar-refractivity contribution in [2.45, 2.75) is 6.54 Å². The van der Waals surface area contributed by atoms with E-state index in [-0.39, 0.29) is 0 Å². The molecule has 0 spiro atoms. The molecule has 0 bridgehead atoms. The number of nitrogens with one attached hydrogen (secondary N) is 1. The van der Waals surface area contributed by atoms with Gasteiger partial charge in [-0.15, -0.1) is 0 Å². The summed E-state index contributed by atoms with van der Waals surface area (Å²) in [6.07, 6.45) is 0. The molecule has 4 nitrogen and oxygen atoms in total. The minimum absolute atomic E-state index is 0.423. The van der Waals surface area contributed by atoms with E-state index in [1.165, 1.54) is 17.1 Å². The zero-order valence-electron chi connectivity index (χ0n) is 12.3. The van der Waals surface area contributed by atoms with Crippen molar-refractivity contribution in [1.82, 2.24) is 9.88 Å². The molecule has 1 aromatic heterocycles. The molecule has 2 aromatic rings. The fourth-order valence-electron chi connectivity index (χ4n) is 2.48. The molecule has 1 fully saturated rings. The summed E-state index contributed by atoms with van der Waals surface area (Å²) >= 11 is 2.03. The third-order valence-electron chi connectivity index (χ3n) is 3.57. The molecule has 0 atom stereocenters. The van der Waals surface area contributed by atoms with Crippen molar-refractivity contribution in [3.63, 3.8) is 0 Å². The molecule has 1 aliphatic rings. The molecule has 0 radical (unpaired) electrons. The van der Waals surface area contributed by atoms with E-state index < -0.39 is 0 Å². The van der Waals surface area contributed by atoms with Crippen LogP contribution < -0.4 is 5.32 Å². The summed E-state index contributed by atoms with van der Waals surface area (Å²) in [5.41, 5.74) is 2.73. The number of nitriles is 1. The molecule has 5 heteroatoms. The van der Waals surface area contributed by atoms with Crippen LogP contribution >= 0.6 is 11.8 Å². The highest BCUT2D eigenvalue weighted by atomic mass is 32.2. The largest absolute Gasteiger partial charge is 0.340 e. The van der Waals surface area contributed by atoms with Gasteiger partial charge in [-0.05, 0) is 29.8 Å². The molecule has 0 aliphatic carbocycles. The Labute approximate surface area is 135 Å². The number of aromatic nitrogens is 1. The average molecular weight is 310 g/mol. The topological polar surface area (TPSA) is 52.0 Å². The molecule has 1 N–H and O–H groups in total. The van der Waals surface area contributed by atoms with Gasteiger partial charge >= 0.3 is 0 Å². The lowest BCUT2D eigenvalue weighted by atomic mass is 10.2. The minimum atomic E-state index is 0.423. The molecule has 0 amide bonds. The van der Waals surface area contributed by atoms with Crippen molar-refractivity contribution < 1.29 is 0 Å². The maximum absolute atomic E-state index is 8.91. The summed E-state index contributed by atoms with van der Waals surface area (Å²) in [6, 6.07) is 15.9. The predicted octanol–water partition coefficient (Wildman–Crippen LogP) is 3.25. The lowest BCUT2D eigenvalue weighted by Crippen LogP contribution is -2.31. The fraction of sp³-hybridized carbons (Fsp3) is 0.294. The van der Waals surface area contributed by atoms with Crippen LogP contribution in [0.1, 0.15) is 11.3 Å². The summed E-state index contributed by atoms with van der Waals surface area (Å²) in [5, 5.41) is 12.2. The molecule has 0 unspecified atom stereocenters. The molecule has 3 rings (SSSR count). The molecule has 22 heavy (non-hydrogen) atoms. The Hall–Kier alpha value is -2.03. The molecule has 1 saturated heterocycles. The van der Waals surface area contributed by atoms with E-state index in [9.17, 15) is 0 Å². The Bertz CT molecular complexity index is 674. The number of rotatable bonds is 4. The van der Waals surface area contributed by atoms with Gasteiger partial charge in [0, 0.05) is 36.8 Å². The van der Waals surface area contributed by atoms with Gasteiger partial charge in [0.15, 0.2) is 0 Å². The van der Waals surface area contributed by atoms with Crippen LogP contribution in [0.15, 0.2) is 42.5 Å². The standard InChI is InChI=1S/C17H18N4S/c18-12-16-5-2-6-17(20-16)19-15-4-1-3-14(11-15)13-21-7-9-22-10-8-21/h1-6,11H,7-10,13H2,(H,19,20). The van der Waals surface area contributed by atoms with Crippen LogP contribution in [-0.4, -0.2) is 34.5 Å². The van der Waals surface area contributed by atoms with Crippen LogP contribution in [0.3, 0.4) is 0 Å². The van der Waals surface area contributed by atoms with Gasteiger partial charge in [0.25, 0.3) is 0 Å². The van der Waals surface area contributed by atoms with Crippen LogP contribution in [0.4, 0.5) is 11.5 Å². The van der Waals surface area contributed by atoms with E-state index in [2.05, 4.69) is 39.5 Å². The molecule has 2 heterocycles. The second-order valence-electron chi connectivity index (χ2n) is 5.23. The van der Waals surface area contributed by atoms with Crippen molar-refractivity contribution in [3.8, 4) is 6.07 Å². The Morgan fingerprint density at radius 2 is 2.00 bits per heavy atom. The highest BCUT2D eigenvalue weighted by Crippen LogP contribution is 2.19. The van der Waals surface area contributed by atoms with Crippen molar-refractivity contribution in [2.24, 2.45) is 0 Å². The van der Waals surface area contributed by atoms with Gasteiger partial charge in [-0.1, -0.05) is 18.2 Å². The highest BCUT2D eigenvalue weighted by Gasteiger charge is 2.10. The van der Waals surface area contributed by atoms with Gasteiger partial charge in [0.05, 0.1) is 0 Å². The first-order valence-corrected chi connectivity index (χ1v) is 8.52. The predicted molar refractivity (Wildman–Crippen MR) is 91.3 cm³/mol. The van der Waals surface area contributed by atoms with Crippen LogP contribution in [0.2, 0.25) is 0 Å². The van der Waals surface area contributed by atoms with Crippen molar-refractivity contribution in [2.75, 3.05) is 29.9 Å². The minimum Gasteiger partial charge on any atom is -0.340 e. The second kappa shape index (κ2) is 7.30.